The molecule has 1 rings (SSSR count). The van der Waals surface area contributed by atoms with Gasteiger partial charge < -0.3 is 25.6 Å². The molecular weight excluding hydrogens is 276 g/mol. The molecule has 0 fully saturated rings. The Morgan fingerprint density at radius 3 is 2.33 bits per heavy atom. The van der Waals surface area contributed by atoms with E-state index in [9.17, 15) is 9.59 Å². The topological polar surface area (TPSA) is 108 Å². The second-order valence-electron chi connectivity index (χ2n) is 4.69. The Labute approximate surface area is 122 Å². The van der Waals surface area contributed by atoms with Gasteiger partial charge in [0.05, 0.1) is 6.10 Å². The van der Waals surface area contributed by atoms with Crippen LogP contribution in [0, 0.1) is 0 Å². The van der Waals surface area contributed by atoms with Crippen molar-refractivity contribution in [3.8, 4) is 5.75 Å². The lowest BCUT2D eigenvalue weighted by Gasteiger charge is -2.14. The molecule has 0 aliphatic carbocycles. The lowest BCUT2D eigenvalue weighted by molar-refractivity contribution is -0.139. The largest absolute Gasteiger partial charge is 0.491 e. The van der Waals surface area contributed by atoms with E-state index < -0.39 is 18.0 Å². The number of urea groups is 1. The fraction of sp³-hybridized carbons (Fsp3) is 0.429. The van der Waals surface area contributed by atoms with Crippen LogP contribution in [-0.2, 0) is 4.79 Å². The third-order valence-electron chi connectivity index (χ3n) is 2.51. The number of nitrogens with one attached hydrogen (secondary N) is 2. The summed E-state index contributed by atoms with van der Waals surface area (Å²) in [4.78, 5) is 22.5. The number of carboxylic acids is 1. The molecular formula is C14H20N2O5. The summed E-state index contributed by atoms with van der Waals surface area (Å²) in [5.41, 5.74) is 0.511. The monoisotopic (exact) mass is 296 g/mol. The van der Waals surface area contributed by atoms with Crippen LogP contribution in [0.4, 0.5) is 10.5 Å². The van der Waals surface area contributed by atoms with Gasteiger partial charge in [-0.25, -0.2) is 9.59 Å². The Morgan fingerprint density at radius 2 is 1.86 bits per heavy atom. The molecule has 4 N–H and O–H groups in total. The summed E-state index contributed by atoms with van der Waals surface area (Å²) >= 11 is 0. The zero-order valence-corrected chi connectivity index (χ0v) is 12.0. The fourth-order valence-corrected chi connectivity index (χ4v) is 1.60. The van der Waals surface area contributed by atoms with Gasteiger partial charge >= 0.3 is 12.0 Å². The zero-order valence-electron chi connectivity index (χ0n) is 12.0. The van der Waals surface area contributed by atoms with Crippen LogP contribution in [0.3, 0.4) is 0 Å². The fourth-order valence-electron chi connectivity index (χ4n) is 1.60. The average Bonchev–Trinajstić information content (AvgIpc) is 2.40. The highest BCUT2D eigenvalue weighted by atomic mass is 16.5. The van der Waals surface area contributed by atoms with Crippen LogP contribution >= 0.6 is 0 Å². The van der Waals surface area contributed by atoms with Crippen LogP contribution in [-0.4, -0.2) is 41.0 Å². The number of hydrogen-bond acceptors (Lipinski definition) is 4. The van der Waals surface area contributed by atoms with Crippen LogP contribution in [0.5, 0.6) is 5.75 Å². The molecule has 0 aromatic heterocycles. The Balaban J connectivity index is 2.56. The molecule has 1 unspecified atom stereocenters. The maximum atomic E-state index is 11.7. The molecule has 0 bridgehead atoms. The van der Waals surface area contributed by atoms with Gasteiger partial charge in [0.25, 0.3) is 0 Å². The van der Waals surface area contributed by atoms with Crippen LogP contribution < -0.4 is 15.4 Å². The van der Waals surface area contributed by atoms with Crippen LogP contribution in [0.25, 0.3) is 0 Å². The molecule has 7 heteroatoms. The number of carbonyl (C=O) groups excluding carboxylic acids is 1. The zero-order chi connectivity index (χ0) is 15.8. The van der Waals surface area contributed by atoms with E-state index in [2.05, 4.69) is 10.6 Å². The Kier molecular flexibility index (Phi) is 6.48. The van der Waals surface area contributed by atoms with E-state index in [1.54, 1.807) is 24.3 Å². The summed E-state index contributed by atoms with van der Waals surface area (Å²) in [7, 11) is 0. The predicted octanol–water partition coefficient (Wildman–Crippen LogP) is 1.43. The van der Waals surface area contributed by atoms with Crippen molar-refractivity contribution in [2.45, 2.75) is 32.4 Å². The normalized spacial score (nSPS) is 11.8. The van der Waals surface area contributed by atoms with E-state index in [4.69, 9.17) is 14.9 Å². The number of carboxylic acid groups (broad SMARTS) is 1. The van der Waals surface area contributed by atoms with Crippen molar-refractivity contribution in [1.82, 2.24) is 5.32 Å². The Morgan fingerprint density at radius 1 is 1.24 bits per heavy atom. The van der Waals surface area contributed by atoms with Gasteiger partial charge in [0.15, 0.2) is 0 Å². The van der Waals surface area contributed by atoms with Gasteiger partial charge in [-0.1, -0.05) is 0 Å². The number of ether oxygens (including phenoxy) is 1. The number of hydrogen-bond donors (Lipinski definition) is 4. The highest BCUT2D eigenvalue weighted by Gasteiger charge is 2.19. The molecule has 0 spiro atoms. The molecule has 0 saturated heterocycles. The number of carbonyl (C=O) groups is 2. The molecule has 21 heavy (non-hydrogen) atoms. The van der Waals surface area contributed by atoms with Gasteiger partial charge in [0.2, 0.25) is 0 Å². The third kappa shape index (κ3) is 6.13. The maximum absolute atomic E-state index is 11.7. The molecule has 0 heterocycles. The smallest absolute Gasteiger partial charge is 0.326 e. The summed E-state index contributed by atoms with van der Waals surface area (Å²) < 4.78 is 5.47. The van der Waals surface area contributed by atoms with E-state index in [-0.39, 0.29) is 19.1 Å². The van der Waals surface area contributed by atoms with Crippen molar-refractivity contribution < 1.29 is 24.5 Å². The van der Waals surface area contributed by atoms with Crippen LogP contribution in [0.1, 0.15) is 20.3 Å². The number of anilines is 1. The summed E-state index contributed by atoms with van der Waals surface area (Å²) in [5.74, 6) is -0.514. The third-order valence-corrected chi connectivity index (χ3v) is 2.51. The van der Waals surface area contributed by atoms with E-state index in [1.165, 1.54) is 0 Å². The number of aliphatic hydroxyl groups is 1. The van der Waals surface area contributed by atoms with Crippen molar-refractivity contribution in [1.29, 1.82) is 0 Å². The number of aliphatic hydroxyl groups excluding tert-OH is 1. The van der Waals surface area contributed by atoms with Crippen LogP contribution in [0.15, 0.2) is 24.3 Å². The molecule has 7 nitrogen and oxygen atoms in total. The highest BCUT2D eigenvalue weighted by molar-refractivity contribution is 5.92. The second-order valence-corrected chi connectivity index (χ2v) is 4.69. The van der Waals surface area contributed by atoms with Gasteiger partial charge in [-0.2, -0.15) is 0 Å². The number of aliphatic carboxylic acids is 1. The molecule has 0 aliphatic rings. The minimum Gasteiger partial charge on any atom is -0.491 e. The molecule has 116 valence electrons. The Bertz CT molecular complexity index is 473. The summed E-state index contributed by atoms with van der Waals surface area (Å²) in [6.07, 6.45) is 0.00566. The first-order valence-corrected chi connectivity index (χ1v) is 6.60. The molecule has 0 saturated carbocycles. The van der Waals surface area contributed by atoms with Crippen molar-refractivity contribution in [2.24, 2.45) is 0 Å². The van der Waals surface area contributed by atoms with E-state index in [0.717, 1.165) is 0 Å². The highest BCUT2D eigenvalue weighted by Crippen LogP contribution is 2.16. The standard InChI is InChI=1S/C14H20N2O5/c1-9(2)21-11-5-3-10(4-6-11)15-14(20)16-12(7-8-17)13(18)19/h3-6,9,12,17H,7-8H2,1-2H3,(H,18,19)(H2,15,16,20). The lowest BCUT2D eigenvalue weighted by Crippen LogP contribution is -2.43. The SMILES string of the molecule is CC(C)Oc1ccc(NC(=O)NC(CCO)C(=O)O)cc1. The van der Waals surface area contributed by atoms with Gasteiger partial charge in [0, 0.05) is 18.7 Å². The summed E-state index contributed by atoms with van der Waals surface area (Å²) in [6, 6.07) is 4.95. The van der Waals surface area contributed by atoms with Crippen molar-refractivity contribution in [3.05, 3.63) is 24.3 Å². The minimum atomic E-state index is -1.19. The first-order chi connectivity index (χ1) is 9.92. The van der Waals surface area contributed by atoms with Crippen molar-refractivity contribution >= 4 is 17.7 Å². The molecule has 1 aromatic rings. The molecule has 1 aromatic carbocycles. The second kappa shape index (κ2) is 8.11. The van der Waals surface area contributed by atoms with E-state index >= 15 is 0 Å². The molecule has 0 aliphatic heterocycles. The van der Waals surface area contributed by atoms with Gasteiger partial charge in [-0.3, -0.25) is 0 Å². The number of benzene rings is 1. The van der Waals surface area contributed by atoms with Gasteiger partial charge in [-0.05, 0) is 38.1 Å². The van der Waals surface area contributed by atoms with E-state index in [1.807, 2.05) is 13.8 Å². The van der Waals surface area contributed by atoms with Gasteiger partial charge in [0.1, 0.15) is 11.8 Å². The Hall–Kier alpha value is -2.28. The average molecular weight is 296 g/mol. The summed E-state index contributed by atoms with van der Waals surface area (Å²) in [5, 5.41) is 22.4. The summed E-state index contributed by atoms with van der Waals surface area (Å²) in [6.45, 7) is 3.50. The van der Waals surface area contributed by atoms with Crippen molar-refractivity contribution in [2.75, 3.05) is 11.9 Å². The quantitative estimate of drug-likeness (QED) is 0.609. The van der Waals surface area contributed by atoms with Crippen molar-refractivity contribution in [3.63, 3.8) is 0 Å². The van der Waals surface area contributed by atoms with E-state index in [0.29, 0.717) is 11.4 Å². The first kappa shape index (κ1) is 16.8. The molecule has 1 atom stereocenters. The van der Waals surface area contributed by atoms with Gasteiger partial charge in [-0.15, -0.1) is 0 Å². The number of amides is 2. The minimum absolute atomic E-state index is 0.0517. The maximum Gasteiger partial charge on any atom is 0.326 e. The van der Waals surface area contributed by atoms with Crippen LogP contribution in [0.2, 0.25) is 0 Å². The molecule has 0 radical (unpaired) electrons. The molecule has 2 amide bonds. The number of rotatable bonds is 7. The predicted molar refractivity (Wildman–Crippen MR) is 77.5 cm³/mol. The first-order valence-electron chi connectivity index (χ1n) is 6.60. The lowest BCUT2D eigenvalue weighted by atomic mass is 10.2.